The van der Waals surface area contributed by atoms with Gasteiger partial charge in [0.2, 0.25) is 0 Å². The Morgan fingerprint density at radius 2 is 2.00 bits per heavy atom. The van der Waals surface area contributed by atoms with Gasteiger partial charge in [0, 0.05) is 24.7 Å². The third-order valence-electron chi connectivity index (χ3n) is 6.11. The molecule has 1 aliphatic rings. The molecule has 0 unspecified atom stereocenters. The SMILES string of the molecule is CNc1cc(F)cc(-c2cc(C(=O)N3CCOC[C@H]3Cc3ccccc3)c3cn[nH]c3c2)c1. The molecule has 7 heteroatoms. The van der Waals surface area contributed by atoms with Gasteiger partial charge in [-0.05, 0) is 53.4 Å². The number of carbonyl (C=O) groups excluding carboxylic acids is 1. The Labute approximate surface area is 191 Å². The van der Waals surface area contributed by atoms with Crippen molar-refractivity contribution in [3.05, 3.63) is 83.8 Å². The van der Waals surface area contributed by atoms with Crippen LogP contribution in [0, 0.1) is 5.82 Å². The Balaban J connectivity index is 1.54. The van der Waals surface area contributed by atoms with E-state index < -0.39 is 0 Å². The first kappa shape index (κ1) is 21.2. The summed E-state index contributed by atoms with van der Waals surface area (Å²) in [4.78, 5) is 15.7. The molecule has 0 aliphatic carbocycles. The Morgan fingerprint density at radius 1 is 1.18 bits per heavy atom. The molecule has 2 N–H and O–H groups in total. The zero-order chi connectivity index (χ0) is 22.8. The summed E-state index contributed by atoms with van der Waals surface area (Å²) < 4.78 is 19.9. The number of anilines is 1. The second kappa shape index (κ2) is 9.03. The average Bonchev–Trinajstić information content (AvgIpc) is 3.32. The summed E-state index contributed by atoms with van der Waals surface area (Å²) in [7, 11) is 1.75. The van der Waals surface area contributed by atoms with E-state index in [2.05, 4.69) is 27.6 Å². The minimum Gasteiger partial charge on any atom is -0.388 e. The van der Waals surface area contributed by atoms with Gasteiger partial charge < -0.3 is 15.0 Å². The van der Waals surface area contributed by atoms with Gasteiger partial charge in [-0.1, -0.05) is 30.3 Å². The number of morpholine rings is 1. The van der Waals surface area contributed by atoms with Crippen LogP contribution < -0.4 is 5.32 Å². The van der Waals surface area contributed by atoms with Gasteiger partial charge in [-0.15, -0.1) is 0 Å². The minimum atomic E-state index is -0.342. The zero-order valence-corrected chi connectivity index (χ0v) is 18.3. The quantitative estimate of drug-likeness (QED) is 0.476. The maximum Gasteiger partial charge on any atom is 0.255 e. The first-order valence-corrected chi connectivity index (χ1v) is 11.0. The largest absolute Gasteiger partial charge is 0.388 e. The van der Waals surface area contributed by atoms with Gasteiger partial charge in [-0.25, -0.2) is 4.39 Å². The molecular weight excluding hydrogens is 419 g/mol. The van der Waals surface area contributed by atoms with E-state index in [0.717, 1.165) is 28.5 Å². The van der Waals surface area contributed by atoms with E-state index in [0.29, 0.717) is 36.6 Å². The maximum absolute atomic E-state index is 14.2. The van der Waals surface area contributed by atoms with E-state index in [1.807, 2.05) is 41.3 Å². The number of nitrogens with zero attached hydrogens (tertiary/aromatic N) is 2. The van der Waals surface area contributed by atoms with Gasteiger partial charge >= 0.3 is 0 Å². The molecule has 4 aromatic rings. The number of aromatic nitrogens is 2. The highest BCUT2D eigenvalue weighted by molar-refractivity contribution is 6.08. The second-order valence-electron chi connectivity index (χ2n) is 8.25. The molecule has 1 saturated heterocycles. The van der Waals surface area contributed by atoms with Gasteiger partial charge in [-0.2, -0.15) is 5.10 Å². The zero-order valence-electron chi connectivity index (χ0n) is 18.3. The van der Waals surface area contributed by atoms with Crippen LogP contribution in [0.2, 0.25) is 0 Å². The number of rotatable bonds is 5. The Bertz CT molecular complexity index is 1290. The number of carbonyl (C=O) groups is 1. The molecule has 168 valence electrons. The molecule has 1 amide bonds. The molecular formula is C26H25FN4O2. The Hall–Kier alpha value is -3.71. The number of halogens is 1. The van der Waals surface area contributed by atoms with Gasteiger partial charge in [0.05, 0.1) is 36.5 Å². The summed E-state index contributed by atoms with van der Waals surface area (Å²) in [6, 6.07) is 18.6. The maximum atomic E-state index is 14.2. The number of fused-ring (bicyclic) bond motifs is 1. The predicted molar refractivity (Wildman–Crippen MR) is 127 cm³/mol. The highest BCUT2D eigenvalue weighted by Gasteiger charge is 2.29. The van der Waals surface area contributed by atoms with E-state index >= 15 is 0 Å². The molecule has 0 bridgehead atoms. The van der Waals surface area contributed by atoms with E-state index in [-0.39, 0.29) is 17.8 Å². The number of H-pyrrole nitrogens is 1. The summed E-state index contributed by atoms with van der Waals surface area (Å²) in [6.07, 6.45) is 2.39. The van der Waals surface area contributed by atoms with Crippen LogP contribution in [0.1, 0.15) is 15.9 Å². The van der Waals surface area contributed by atoms with Crippen molar-refractivity contribution in [2.45, 2.75) is 12.5 Å². The molecule has 0 saturated carbocycles. The number of hydrogen-bond acceptors (Lipinski definition) is 4. The molecule has 5 rings (SSSR count). The topological polar surface area (TPSA) is 70.2 Å². The van der Waals surface area contributed by atoms with Crippen molar-refractivity contribution in [3.8, 4) is 11.1 Å². The summed E-state index contributed by atoms with van der Waals surface area (Å²) in [5, 5.41) is 10.9. The Morgan fingerprint density at radius 3 is 2.82 bits per heavy atom. The summed E-state index contributed by atoms with van der Waals surface area (Å²) in [6.45, 7) is 1.51. The molecule has 3 aromatic carbocycles. The third-order valence-corrected chi connectivity index (χ3v) is 6.11. The highest BCUT2D eigenvalue weighted by Crippen LogP contribution is 2.31. The second-order valence-corrected chi connectivity index (χ2v) is 8.25. The first-order valence-electron chi connectivity index (χ1n) is 11.0. The van der Waals surface area contributed by atoms with Gasteiger partial charge in [0.1, 0.15) is 5.82 Å². The number of nitrogens with one attached hydrogen (secondary N) is 2. The van der Waals surface area contributed by atoms with E-state index in [1.165, 1.54) is 12.1 Å². The molecule has 1 aliphatic heterocycles. The van der Waals surface area contributed by atoms with Crippen LogP contribution >= 0.6 is 0 Å². The lowest BCUT2D eigenvalue weighted by atomic mass is 9.97. The number of ether oxygens (including phenoxy) is 1. The van der Waals surface area contributed by atoms with Gasteiger partial charge in [0.25, 0.3) is 5.91 Å². The molecule has 1 fully saturated rings. The van der Waals surface area contributed by atoms with Crippen LogP contribution in [0.5, 0.6) is 0 Å². The van der Waals surface area contributed by atoms with Crippen LogP contribution in [-0.4, -0.2) is 53.9 Å². The highest BCUT2D eigenvalue weighted by atomic mass is 19.1. The third kappa shape index (κ3) is 4.32. The van der Waals surface area contributed by atoms with Gasteiger partial charge in [-0.3, -0.25) is 9.89 Å². The van der Waals surface area contributed by atoms with Crippen LogP contribution in [-0.2, 0) is 11.2 Å². The summed E-state index contributed by atoms with van der Waals surface area (Å²) in [5.74, 6) is -0.414. The van der Waals surface area contributed by atoms with Crippen molar-refractivity contribution in [2.24, 2.45) is 0 Å². The minimum absolute atomic E-state index is 0.0654. The van der Waals surface area contributed by atoms with E-state index in [1.54, 1.807) is 13.2 Å². The smallest absolute Gasteiger partial charge is 0.255 e. The molecule has 33 heavy (non-hydrogen) atoms. The van der Waals surface area contributed by atoms with Crippen molar-refractivity contribution in [2.75, 3.05) is 32.1 Å². The number of amides is 1. The molecule has 0 radical (unpaired) electrons. The molecule has 1 atom stereocenters. The lowest BCUT2D eigenvalue weighted by Gasteiger charge is -2.36. The van der Waals surface area contributed by atoms with Crippen molar-refractivity contribution in [3.63, 3.8) is 0 Å². The lowest BCUT2D eigenvalue weighted by Crippen LogP contribution is -2.49. The fraction of sp³-hybridized carbons (Fsp3) is 0.231. The summed E-state index contributed by atoms with van der Waals surface area (Å²) >= 11 is 0. The van der Waals surface area contributed by atoms with Crippen molar-refractivity contribution in [1.82, 2.24) is 15.1 Å². The van der Waals surface area contributed by atoms with Gasteiger partial charge in [0.15, 0.2) is 0 Å². The lowest BCUT2D eigenvalue weighted by molar-refractivity contribution is -0.00152. The standard InChI is InChI=1S/C26H25FN4O2/c1-28-21-11-18(10-20(27)14-21)19-12-23(24-15-29-30-25(24)13-19)26(32)31-7-8-33-16-22(31)9-17-5-3-2-4-6-17/h2-6,10-15,22,28H,7-9,16H2,1H3,(H,29,30)/t22-/m1/s1. The van der Waals surface area contributed by atoms with E-state index in [9.17, 15) is 9.18 Å². The average molecular weight is 445 g/mol. The first-order chi connectivity index (χ1) is 16.1. The molecule has 1 aromatic heterocycles. The summed E-state index contributed by atoms with van der Waals surface area (Å²) in [5.41, 5.74) is 4.54. The van der Waals surface area contributed by atoms with Crippen molar-refractivity contribution in [1.29, 1.82) is 0 Å². The number of benzene rings is 3. The van der Waals surface area contributed by atoms with Crippen LogP contribution in [0.4, 0.5) is 10.1 Å². The fourth-order valence-corrected chi connectivity index (χ4v) is 4.43. The predicted octanol–water partition coefficient (Wildman–Crippen LogP) is 4.49. The van der Waals surface area contributed by atoms with E-state index in [4.69, 9.17) is 4.74 Å². The molecule has 2 heterocycles. The van der Waals surface area contributed by atoms with Crippen LogP contribution in [0.3, 0.4) is 0 Å². The number of hydrogen-bond donors (Lipinski definition) is 2. The molecule has 6 nitrogen and oxygen atoms in total. The van der Waals surface area contributed by atoms with Crippen LogP contribution in [0.15, 0.2) is 66.9 Å². The number of aromatic amines is 1. The molecule has 0 spiro atoms. The normalized spacial score (nSPS) is 16.2. The van der Waals surface area contributed by atoms with Crippen molar-refractivity contribution >= 4 is 22.5 Å². The monoisotopic (exact) mass is 444 g/mol. The fourth-order valence-electron chi connectivity index (χ4n) is 4.43. The van der Waals surface area contributed by atoms with Crippen molar-refractivity contribution < 1.29 is 13.9 Å². The van der Waals surface area contributed by atoms with Crippen LogP contribution in [0.25, 0.3) is 22.0 Å². The Kier molecular flexibility index (Phi) is 5.79.